The van der Waals surface area contributed by atoms with E-state index in [2.05, 4.69) is 5.32 Å². The lowest BCUT2D eigenvalue weighted by Crippen LogP contribution is -2.22. The lowest BCUT2D eigenvalue weighted by molar-refractivity contribution is 0.0951. The molecule has 0 saturated heterocycles. The standard InChI is InChI=1S/C30H24ClN3O2/c31-26-15-17-28(18-16-26)36-21-22-11-13-24(14-12-22)30(35)32-19-25-20-34(27-9-5-2-6-10-27)33-29(25)23-7-3-1-4-8-23/h1-18,20H,19,21H2,(H,32,35). The average molecular weight is 494 g/mol. The molecular weight excluding hydrogens is 470 g/mol. The molecule has 1 aromatic heterocycles. The van der Waals surface area contributed by atoms with Crippen molar-refractivity contribution in [1.82, 2.24) is 15.1 Å². The molecule has 0 aliphatic rings. The van der Waals surface area contributed by atoms with Crippen LogP contribution in [-0.2, 0) is 13.2 Å². The van der Waals surface area contributed by atoms with Crippen LogP contribution in [0.25, 0.3) is 16.9 Å². The van der Waals surface area contributed by atoms with Crippen LogP contribution < -0.4 is 10.1 Å². The average Bonchev–Trinajstić information content (AvgIpc) is 3.37. The van der Waals surface area contributed by atoms with Crippen molar-refractivity contribution < 1.29 is 9.53 Å². The van der Waals surface area contributed by atoms with Gasteiger partial charge in [0.25, 0.3) is 5.91 Å². The molecule has 0 spiro atoms. The fourth-order valence-corrected chi connectivity index (χ4v) is 3.94. The van der Waals surface area contributed by atoms with Crippen LogP contribution >= 0.6 is 11.6 Å². The van der Waals surface area contributed by atoms with Crippen molar-refractivity contribution in [3.63, 3.8) is 0 Å². The summed E-state index contributed by atoms with van der Waals surface area (Å²) in [6.07, 6.45) is 1.97. The monoisotopic (exact) mass is 493 g/mol. The predicted octanol–water partition coefficient (Wildman–Crippen LogP) is 6.70. The fourth-order valence-electron chi connectivity index (χ4n) is 3.82. The van der Waals surface area contributed by atoms with Crippen LogP contribution in [0.3, 0.4) is 0 Å². The van der Waals surface area contributed by atoms with Crippen molar-refractivity contribution in [2.75, 3.05) is 0 Å². The molecule has 1 amide bonds. The second-order valence-corrected chi connectivity index (χ2v) is 8.71. The number of aromatic nitrogens is 2. The molecule has 4 aromatic carbocycles. The zero-order chi connectivity index (χ0) is 24.7. The third kappa shape index (κ3) is 5.65. The van der Waals surface area contributed by atoms with Gasteiger partial charge < -0.3 is 10.1 Å². The third-order valence-corrected chi connectivity index (χ3v) is 5.98. The van der Waals surface area contributed by atoms with Gasteiger partial charge in [-0.25, -0.2) is 4.68 Å². The Balaban J connectivity index is 1.26. The SMILES string of the molecule is O=C(NCc1cn(-c2ccccc2)nc1-c1ccccc1)c1ccc(COc2ccc(Cl)cc2)cc1. The van der Waals surface area contributed by atoms with Crippen molar-refractivity contribution in [1.29, 1.82) is 0 Å². The van der Waals surface area contributed by atoms with E-state index in [-0.39, 0.29) is 5.91 Å². The molecule has 0 aliphatic carbocycles. The quantitative estimate of drug-likeness (QED) is 0.261. The molecule has 178 valence electrons. The Labute approximate surface area is 214 Å². The molecule has 1 heterocycles. The first-order valence-electron chi connectivity index (χ1n) is 11.6. The first-order chi connectivity index (χ1) is 17.7. The Kier molecular flexibility index (Phi) is 7.10. The highest BCUT2D eigenvalue weighted by Gasteiger charge is 2.14. The zero-order valence-corrected chi connectivity index (χ0v) is 20.2. The van der Waals surface area contributed by atoms with Gasteiger partial charge in [-0.2, -0.15) is 5.10 Å². The van der Waals surface area contributed by atoms with E-state index in [0.29, 0.717) is 23.7 Å². The van der Waals surface area contributed by atoms with E-state index in [1.165, 1.54) is 0 Å². The highest BCUT2D eigenvalue weighted by atomic mass is 35.5. The van der Waals surface area contributed by atoms with E-state index in [9.17, 15) is 4.79 Å². The Morgan fingerprint density at radius 3 is 2.19 bits per heavy atom. The number of amides is 1. The maximum atomic E-state index is 12.9. The minimum Gasteiger partial charge on any atom is -0.489 e. The summed E-state index contributed by atoms with van der Waals surface area (Å²) in [5, 5.41) is 8.51. The van der Waals surface area contributed by atoms with Gasteiger partial charge in [0.15, 0.2) is 0 Å². The van der Waals surface area contributed by atoms with Gasteiger partial charge in [-0.05, 0) is 54.1 Å². The normalized spacial score (nSPS) is 10.7. The number of para-hydroxylation sites is 1. The van der Waals surface area contributed by atoms with Gasteiger partial charge in [0, 0.05) is 34.5 Å². The maximum absolute atomic E-state index is 12.9. The second kappa shape index (κ2) is 10.9. The smallest absolute Gasteiger partial charge is 0.251 e. The Bertz CT molecular complexity index is 1430. The molecule has 0 saturated carbocycles. The fraction of sp³-hybridized carbons (Fsp3) is 0.0667. The summed E-state index contributed by atoms with van der Waals surface area (Å²) in [5.74, 6) is 0.595. The zero-order valence-electron chi connectivity index (χ0n) is 19.5. The van der Waals surface area contributed by atoms with Crippen molar-refractivity contribution in [3.05, 3.63) is 137 Å². The van der Waals surface area contributed by atoms with Crippen molar-refractivity contribution in [2.24, 2.45) is 0 Å². The molecule has 0 bridgehead atoms. The number of nitrogens with one attached hydrogen (secondary N) is 1. The van der Waals surface area contributed by atoms with Crippen LogP contribution in [0, 0.1) is 0 Å². The van der Waals surface area contributed by atoms with Gasteiger partial charge >= 0.3 is 0 Å². The molecule has 0 unspecified atom stereocenters. The summed E-state index contributed by atoms with van der Waals surface area (Å²) < 4.78 is 7.62. The minimum atomic E-state index is -0.147. The molecule has 5 aromatic rings. The minimum absolute atomic E-state index is 0.147. The number of ether oxygens (including phenoxy) is 1. The van der Waals surface area contributed by atoms with E-state index in [4.69, 9.17) is 21.4 Å². The van der Waals surface area contributed by atoms with Gasteiger partial charge in [-0.1, -0.05) is 72.3 Å². The molecule has 36 heavy (non-hydrogen) atoms. The number of hydrogen-bond donors (Lipinski definition) is 1. The Hall–Kier alpha value is -4.35. The van der Waals surface area contributed by atoms with Crippen molar-refractivity contribution in [2.45, 2.75) is 13.2 Å². The van der Waals surface area contributed by atoms with E-state index >= 15 is 0 Å². The second-order valence-electron chi connectivity index (χ2n) is 8.27. The molecule has 0 radical (unpaired) electrons. The van der Waals surface area contributed by atoms with Gasteiger partial charge in [-0.3, -0.25) is 4.79 Å². The highest BCUT2D eigenvalue weighted by molar-refractivity contribution is 6.30. The third-order valence-electron chi connectivity index (χ3n) is 5.73. The van der Waals surface area contributed by atoms with Crippen LogP contribution in [0.2, 0.25) is 5.02 Å². The number of rotatable bonds is 8. The molecule has 5 rings (SSSR count). The van der Waals surface area contributed by atoms with Crippen LogP contribution in [-0.4, -0.2) is 15.7 Å². The van der Waals surface area contributed by atoms with Crippen LogP contribution in [0.1, 0.15) is 21.5 Å². The number of benzene rings is 4. The first-order valence-corrected chi connectivity index (χ1v) is 12.0. The van der Waals surface area contributed by atoms with E-state index in [0.717, 1.165) is 33.8 Å². The van der Waals surface area contributed by atoms with Gasteiger partial charge in [0.2, 0.25) is 0 Å². The van der Waals surface area contributed by atoms with E-state index in [1.54, 1.807) is 24.3 Å². The Morgan fingerprint density at radius 2 is 1.50 bits per heavy atom. The van der Waals surface area contributed by atoms with Crippen LogP contribution in [0.4, 0.5) is 0 Å². The first kappa shape index (κ1) is 23.4. The van der Waals surface area contributed by atoms with Crippen LogP contribution in [0.15, 0.2) is 115 Å². The van der Waals surface area contributed by atoms with Crippen LogP contribution in [0.5, 0.6) is 5.75 Å². The Morgan fingerprint density at radius 1 is 0.833 bits per heavy atom. The number of nitrogens with zero attached hydrogens (tertiary/aromatic N) is 2. The molecule has 5 nitrogen and oxygen atoms in total. The molecule has 6 heteroatoms. The summed E-state index contributed by atoms with van der Waals surface area (Å²) in [4.78, 5) is 12.9. The number of hydrogen-bond acceptors (Lipinski definition) is 3. The van der Waals surface area contributed by atoms with E-state index < -0.39 is 0 Å². The lowest BCUT2D eigenvalue weighted by Gasteiger charge is -2.08. The largest absolute Gasteiger partial charge is 0.489 e. The summed E-state index contributed by atoms with van der Waals surface area (Å²) in [6, 6.07) is 34.6. The maximum Gasteiger partial charge on any atom is 0.251 e. The number of carbonyl (C=O) groups is 1. The van der Waals surface area contributed by atoms with Crippen molar-refractivity contribution >= 4 is 17.5 Å². The van der Waals surface area contributed by atoms with Crippen molar-refractivity contribution in [3.8, 4) is 22.7 Å². The molecule has 0 atom stereocenters. The molecular formula is C30H24ClN3O2. The number of carbonyl (C=O) groups excluding carboxylic acids is 1. The lowest BCUT2D eigenvalue weighted by atomic mass is 10.1. The van der Waals surface area contributed by atoms with E-state index in [1.807, 2.05) is 95.8 Å². The summed E-state index contributed by atoms with van der Waals surface area (Å²) in [7, 11) is 0. The summed E-state index contributed by atoms with van der Waals surface area (Å²) in [6.45, 7) is 0.764. The number of halogens is 1. The summed E-state index contributed by atoms with van der Waals surface area (Å²) >= 11 is 5.91. The van der Waals surface area contributed by atoms with Gasteiger partial charge in [0.1, 0.15) is 12.4 Å². The topological polar surface area (TPSA) is 56.2 Å². The molecule has 1 N–H and O–H groups in total. The molecule has 0 fully saturated rings. The highest BCUT2D eigenvalue weighted by Crippen LogP contribution is 2.24. The summed E-state index contributed by atoms with van der Waals surface area (Å²) in [5.41, 5.74) is 5.30. The molecule has 0 aliphatic heterocycles. The predicted molar refractivity (Wildman–Crippen MR) is 142 cm³/mol. The van der Waals surface area contributed by atoms with Gasteiger partial charge in [0.05, 0.1) is 11.4 Å². The van der Waals surface area contributed by atoms with Gasteiger partial charge in [-0.15, -0.1) is 0 Å².